The Hall–Kier alpha value is -1.76. The van der Waals surface area contributed by atoms with Crippen molar-refractivity contribution in [2.45, 2.75) is 46.5 Å². The van der Waals surface area contributed by atoms with Crippen LogP contribution < -0.4 is 10.5 Å². The molecule has 0 aliphatic heterocycles. The number of carbonyl (C=O) groups excluding carboxylic acids is 1. The molecule has 24 heavy (non-hydrogen) atoms. The molecule has 1 aromatic rings. The highest BCUT2D eigenvalue weighted by Gasteiger charge is 2.29. The smallest absolute Gasteiger partial charge is 0.422 e. The van der Waals surface area contributed by atoms with E-state index in [1.165, 1.54) is 4.90 Å². The van der Waals surface area contributed by atoms with Crippen molar-refractivity contribution in [3.63, 3.8) is 0 Å². The van der Waals surface area contributed by atoms with Gasteiger partial charge in [0.15, 0.2) is 6.61 Å². The van der Waals surface area contributed by atoms with Crippen molar-refractivity contribution in [1.82, 2.24) is 4.90 Å². The first kappa shape index (κ1) is 20.3. The number of carbonyl (C=O) groups is 1. The first-order valence-electron chi connectivity index (χ1n) is 7.72. The van der Waals surface area contributed by atoms with Gasteiger partial charge < -0.3 is 15.4 Å². The van der Waals surface area contributed by atoms with Crippen LogP contribution in [0.3, 0.4) is 0 Å². The van der Waals surface area contributed by atoms with Crippen molar-refractivity contribution >= 4 is 5.91 Å². The molecule has 0 aliphatic carbocycles. The fourth-order valence-corrected chi connectivity index (χ4v) is 2.40. The van der Waals surface area contributed by atoms with E-state index in [1.807, 2.05) is 13.8 Å². The van der Waals surface area contributed by atoms with Crippen LogP contribution in [0.5, 0.6) is 5.75 Å². The monoisotopic (exact) mass is 346 g/mol. The van der Waals surface area contributed by atoms with E-state index in [0.29, 0.717) is 17.7 Å². The molecule has 0 aliphatic rings. The van der Waals surface area contributed by atoms with Gasteiger partial charge in [-0.05, 0) is 36.5 Å². The van der Waals surface area contributed by atoms with Crippen LogP contribution in [-0.4, -0.2) is 36.7 Å². The molecule has 2 N–H and O–H groups in total. The molecule has 0 spiro atoms. The zero-order chi connectivity index (χ0) is 18.7. The molecule has 1 aromatic carbocycles. The van der Waals surface area contributed by atoms with E-state index >= 15 is 0 Å². The number of ether oxygens (including phenoxy) is 1. The van der Waals surface area contributed by atoms with Crippen LogP contribution in [0.1, 0.15) is 30.5 Å². The maximum Gasteiger partial charge on any atom is 0.422 e. The second-order valence-electron chi connectivity index (χ2n) is 6.43. The lowest BCUT2D eigenvalue weighted by atomic mass is 10.0. The van der Waals surface area contributed by atoms with Crippen molar-refractivity contribution in [1.29, 1.82) is 0 Å². The van der Waals surface area contributed by atoms with Gasteiger partial charge in [0.1, 0.15) is 5.75 Å². The van der Waals surface area contributed by atoms with Crippen LogP contribution in [0.4, 0.5) is 13.2 Å². The van der Waals surface area contributed by atoms with Crippen LogP contribution in [0.25, 0.3) is 0 Å². The third kappa shape index (κ3) is 5.70. The Labute approximate surface area is 140 Å². The van der Waals surface area contributed by atoms with Crippen molar-refractivity contribution in [2.24, 2.45) is 11.7 Å². The van der Waals surface area contributed by atoms with E-state index in [4.69, 9.17) is 10.5 Å². The van der Waals surface area contributed by atoms with E-state index in [2.05, 4.69) is 0 Å². The Morgan fingerprint density at radius 3 is 2.17 bits per heavy atom. The van der Waals surface area contributed by atoms with Gasteiger partial charge in [-0.2, -0.15) is 13.2 Å². The SMILES string of the molecule is Cc1cc(CN(C)C(=O)[C@@H](N)C(C)C)cc(C)c1OCC(F)(F)F. The molecule has 0 unspecified atom stereocenters. The van der Waals surface area contributed by atoms with Gasteiger partial charge in [0.2, 0.25) is 5.91 Å². The number of nitrogens with zero attached hydrogens (tertiary/aromatic N) is 1. The minimum atomic E-state index is -4.38. The molecule has 1 atom stereocenters. The first-order valence-corrected chi connectivity index (χ1v) is 7.72. The standard InChI is InChI=1S/C17H25F3N2O2/c1-10(2)14(21)16(23)22(5)8-13-6-11(3)15(12(4)7-13)24-9-17(18,19)20/h6-7,10,14H,8-9,21H2,1-5H3/t14-/m0/s1. The Bertz CT molecular complexity index is 563. The summed E-state index contributed by atoms with van der Waals surface area (Å²) in [5.41, 5.74) is 7.88. The predicted octanol–water partition coefficient (Wildman–Crippen LogP) is 3.19. The summed E-state index contributed by atoms with van der Waals surface area (Å²) in [6, 6.07) is 2.87. The van der Waals surface area contributed by atoms with Gasteiger partial charge in [0.25, 0.3) is 0 Å². The fraction of sp³-hybridized carbons (Fsp3) is 0.588. The number of amides is 1. The Morgan fingerprint density at radius 2 is 1.75 bits per heavy atom. The molecule has 1 amide bonds. The number of rotatable bonds is 6. The molecule has 4 nitrogen and oxygen atoms in total. The van der Waals surface area contributed by atoms with Crippen molar-refractivity contribution in [3.05, 3.63) is 28.8 Å². The van der Waals surface area contributed by atoms with Gasteiger partial charge in [0.05, 0.1) is 6.04 Å². The molecule has 136 valence electrons. The van der Waals surface area contributed by atoms with Crippen molar-refractivity contribution in [3.8, 4) is 5.75 Å². The molecule has 0 heterocycles. The third-order valence-electron chi connectivity index (χ3n) is 3.70. The van der Waals surface area contributed by atoms with Crippen LogP contribution in [0, 0.1) is 19.8 Å². The maximum atomic E-state index is 12.3. The lowest BCUT2D eigenvalue weighted by Gasteiger charge is -2.24. The van der Waals surface area contributed by atoms with Crippen LogP contribution >= 0.6 is 0 Å². The summed E-state index contributed by atoms with van der Waals surface area (Å²) in [7, 11) is 1.66. The van der Waals surface area contributed by atoms with Crippen LogP contribution in [0.15, 0.2) is 12.1 Å². The largest absolute Gasteiger partial charge is 0.484 e. The zero-order valence-electron chi connectivity index (χ0n) is 14.7. The van der Waals surface area contributed by atoms with E-state index in [9.17, 15) is 18.0 Å². The van der Waals surface area contributed by atoms with E-state index in [0.717, 1.165) is 5.56 Å². The van der Waals surface area contributed by atoms with Gasteiger partial charge >= 0.3 is 6.18 Å². The maximum absolute atomic E-state index is 12.3. The number of benzene rings is 1. The number of alkyl halides is 3. The Balaban J connectivity index is 2.86. The van der Waals surface area contributed by atoms with Gasteiger partial charge in [0, 0.05) is 13.6 Å². The second kappa shape index (κ2) is 7.88. The summed E-state index contributed by atoms with van der Waals surface area (Å²) >= 11 is 0. The fourth-order valence-electron chi connectivity index (χ4n) is 2.40. The highest BCUT2D eigenvalue weighted by Crippen LogP contribution is 2.27. The molecule has 0 aromatic heterocycles. The zero-order valence-corrected chi connectivity index (χ0v) is 14.7. The van der Waals surface area contributed by atoms with Gasteiger partial charge in [-0.15, -0.1) is 0 Å². The van der Waals surface area contributed by atoms with Gasteiger partial charge in [-0.3, -0.25) is 4.79 Å². The van der Waals surface area contributed by atoms with Crippen molar-refractivity contribution < 1.29 is 22.7 Å². The lowest BCUT2D eigenvalue weighted by molar-refractivity contribution is -0.153. The summed E-state index contributed by atoms with van der Waals surface area (Å²) < 4.78 is 41.8. The molecule has 7 heteroatoms. The second-order valence-corrected chi connectivity index (χ2v) is 6.43. The highest BCUT2D eigenvalue weighted by atomic mass is 19.4. The molecule has 0 saturated carbocycles. The molecule has 0 radical (unpaired) electrons. The Kier molecular flexibility index (Phi) is 6.66. The molecule has 0 bridgehead atoms. The topological polar surface area (TPSA) is 55.6 Å². The molecular weight excluding hydrogens is 321 g/mol. The Morgan fingerprint density at radius 1 is 1.25 bits per heavy atom. The number of hydrogen-bond donors (Lipinski definition) is 1. The molecule has 1 rings (SSSR count). The molecular formula is C17H25F3N2O2. The van der Waals surface area contributed by atoms with E-state index in [-0.39, 0.29) is 17.6 Å². The summed E-state index contributed by atoms with van der Waals surface area (Å²) in [6.45, 7) is 6.12. The average molecular weight is 346 g/mol. The van der Waals surface area contributed by atoms with Gasteiger partial charge in [-0.1, -0.05) is 26.0 Å². The average Bonchev–Trinajstić information content (AvgIpc) is 2.43. The minimum Gasteiger partial charge on any atom is -0.484 e. The summed E-state index contributed by atoms with van der Waals surface area (Å²) in [4.78, 5) is 13.7. The normalized spacial score (nSPS) is 13.1. The summed E-state index contributed by atoms with van der Waals surface area (Å²) in [5, 5.41) is 0. The van der Waals surface area contributed by atoms with Crippen LogP contribution in [0.2, 0.25) is 0 Å². The molecule has 0 saturated heterocycles. The lowest BCUT2D eigenvalue weighted by Crippen LogP contribution is -2.44. The number of hydrogen-bond acceptors (Lipinski definition) is 3. The van der Waals surface area contributed by atoms with E-state index in [1.54, 1.807) is 33.0 Å². The number of halogens is 3. The third-order valence-corrected chi connectivity index (χ3v) is 3.70. The number of nitrogens with two attached hydrogens (primary N) is 1. The number of likely N-dealkylation sites (N-methyl/N-ethyl adjacent to an activating group) is 1. The van der Waals surface area contributed by atoms with Gasteiger partial charge in [-0.25, -0.2) is 0 Å². The predicted molar refractivity (Wildman–Crippen MR) is 86.8 cm³/mol. The quantitative estimate of drug-likeness (QED) is 0.861. The first-order chi connectivity index (χ1) is 10.9. The van der Waals surface area contributed by atoms with Crippen molar-refractivity contribution in [2.75, 3.05) is 13.7 Å². The minimum absolute atomic E-state index is 0.0292. The summed E-state index contributed by atoms with van der Waals surface area (Å²) in [6.07, 6.45) is -4.38. The summed E-state index contributed by atoms with van der Waals surface area (Å²) in [5.74, 6) is 0.0863. The highest BCUT2D eigenvalue weighted by molar-refractivity contribution is 5.81. The van der Waals surface area contributed by atoms with E-state index < -0.39 is 18.8 Å². The van der Waals surface area contributed by atoms with Crippen LogP contribution in [-0.2, 0) is 11.3 Å². The molecule has 0 fully saturated rings. The number of aryl methyl sites for hydroxylation is 2.